The first-order valence-electron chi connectivity index (χ1n) is 7.18. The molecular weight excluding hydrogens is 286 g/mol. The zero-order chi connectivity index (χ0) is 14.9. The van der Waals surface area contributed by atoms with Crippen LogP contribution < -0.4 is 10.6 Å². The maximum atomic E-state index is 12.7. The first kappa shape index (κ1) is 14.2. The quantitative estimate of drug-likeness (QED) is 0.632. The van der Waals surface area contributed by atoms with E-state index >= 15 is 0 Å². The molecule has 2 heterocycles. The van der Waals surface area contributed by atoms with Crippen LogP contribution in [0.15, 0.2) is 6.20 Å². The van der Waals surface area contributed by atoms with Crippen molar-refractivity contribution in [2.75, 3.05) is 11.4 Å². The second-order valence-electron chi connectivity index (χ2n) is 5.57. The van der Waals surface area contributed by atoms with Gasteiger partial charge in [0.25, 0.3) is 0 Å². The van der Waals surface area contributed by atoms with Crippen LogP contribution in [-0.2, 0) is 9.59 Å². The Hall–Kier alpha value is -1.71. The minimum absolute atomic E-state index is 0.0696. The van der Waals surface area contributed by atoms with Gasteiger partial charge in [-0.05, 0) is 12.8 Å². The summed E-state index contributed by atoms with van der Waals surface area (Å²) in [6, 6.07) is 0. The third-order valence-corrected chi connectivity index (χ3v) is 5.10. The maximum Gasteiger partial charge on any atom is 0.242 e. The van der Waals surface area contributed by atoms with Crippen LogP contribution in [-0.4, -0.2) is 23.3 Å². The molecule has 0 radical (unpaired) electrons. The van der Waals surface area contributed by atoms with Crippen LogP contribution >= 0.6 is 11.3 Å². The number of hydrogen-bond donors (Lipinski definition) is 1. The summed E-state index contributed by atoms with van der Waals surface area (Å²) < 4.78 is 0. The molecule has 2 N–H and O–H groups in total. The van der Waals surface area contributed by atoms with Gasteiger partial charge in [0.1, 0.15) is 0 Å². The van der Waals surface area contributed by atoms with Crippen molar-refractivity contribution in [3.05, 3.63) is 11.1 Å². The standard InChI is InChI=1S/C15H17N3O2S/c16-8-4-5-11-10-17-14(21-11)18-12(19)9-15(13(18)20)6-2-1-3-7-15/h10H,1-3,6-9,16H2. The topological polar surface area (TPSA) is 76.3 Å². The highest BCUT2D eigenvalue weighted by atomic mass is 32.1. The molecule has 0 bridgehead atoms. The zero-order valence-electron chi connectivity index (χ0n) is 11.7. The van der Waals surface area contributed by atoms with Gasteiger partial charge in [0, 0.05) is 6.42 Å². The molecule has 5 nitrogen and oxygen atoms in total. The van der Waals surface area contributed by atoms with Gasteiger partial charge in [-0.3, -0.25) is 9.59 Å². The number of carbonyl (C=O) groups excluding carboxylic acids is 2. The number of nitrogens with two attached hydrogens (primary N) is 1. The van der Waals surface area contributed by atoms with Crippen LogP contribution in [0.1, 0.15) is 43.4 Å². The van der Waals surface area contributed by atoms with Crippen LogP contribution in [0.25, 0.3) is 0 Å². The lowest BCUT2D eigenvalue weighted by Gasteiger charge is -2.30. The largest absolute Gasteiger partial charge is 0.320 e. The van der Waals surface area contributed by atoms with E-state index < -0.39 is 5.41 Å². The number of aromatic nitrogens is 1. The number of carbonyl (C=O) groups is 2. The first-order chi connectivity index (χ1) is 10.2. The van der Waals surface area contributed by atoms with Gasteiger partial charge < -0.3 is 5.73 Å². The lowest BCUT2D eigenvalue weighted by atomic mass is 9.73. The predicted molar refractivity (Wildman–Crippen MR) is 80.7 cm³/mol. The number of anilines is 1. The summed E-state index contributed by atoms with van der Waals surface area (Å²) >= 11 is 1.27. The molecule has 1 spiro atoms. The summed E-state index contributed by atoms with van der Waals surface area (Å²) in [5, 5.41) is 0.439. The molecule has 21 heavy (non-hydrogen) atoms. The van der Waals surface area contributed by atoms with Crippen molar-refractivity contribution in [3.8, 4) is 11.8 Å². The lowest BCUT2D eigenvalue weighted by Crippen LogP contribution is -2.36. The molecule has 1 aliphatic heterocycles. The highest BCUT2D eigenvalue weighted by molar-refractivity contribution is 7.16. The molecular formula is C15H17N3O2S. The van der Waals surface area contributed by atoms with E-state index in [4.69, 9.17) is 5.73 Å². The minimum Gasteiger partial charge on any atom is -0.320 e. The van der Waals surface area contributed by atoms with Gasteiger partial charge in [-0.25, -0.2) is 9.88 Å². The van der Waals surface area contributed by atoms with E-state index in [0.717, 1.165) is 37.0 Å². The first-order valence-corrected chi connectivity index (χ1v) is 8.00. The predicted octanol–water partition coefficient (Wildman–Crippen LogP) is 1.67. The molecule has 1 aliphatic carbocycles. The van der Waals surface area contributed by atoms with Crippen LogP contribution in [0.5, 0.6) is 0 Å². The highest BCUT2D eigenvalue weighted by Crippen LogP contribution is 2.46. The molecule has 2 aliphatic rings. The molecule has 1 saturated heterocycles. The Morgan fingerprint density at radius 2 is 2.10 bits per heavy atom. The van der Waals surface area contributed by atoms with E-state index in [9.17, 15) is 9.59 Å². The zero-order valence-corrected chi connectivity index (χ0v) is 12.5. The normalized spacial score (nSPS) is 20.7. The van der Waals surface area contributed by atoms with E-state index in [1.165, 1.54) is 16.2 Å². The number of rotatable bonds is 1. The fraction of sp³-hybridized carbons (Fsp3) is 0.533. The van der Waals surface area contributed by atoms with Crippen molar-refractivity contribution in [2.45, 2.75) is 38.5 Å². The van der Waals surface area contributed by atoms with Gasteiger partial charge >= 0.3 is 0 Å². The summed E-state index contributed by atoms with van der Waals surface area (Å²) in [5.74, 6) is 5.43. The second kappa shape index (κ2) is 5.58. The summed E-state index contributed by atoms with van der Waals surface area (Å²) in [7, 11) is 0. The van der Waals surface area contributed by atoms with E-state index in [1.807, 2.05) is 0 Å². The Kier molecular flexibility index (Phi) is 3.79. The van der Waals surface area contributed by atoms with Crippen molar-refractivity contribution >= 4 is 28.3 Å². The molecule has 0 aromatic carbocycles. The Morgan fingerprint density at radius 1 is 1.33 bits per heavy atom. The molecule has 110 valence electrons. The molecule has 1 aromatic heterocycles. The third-order valence-electron chi connectivity index (χ3n) is 4.20. The smallest absolute Gasteiger partial charge is 0.242 e. The monoisotopic (exact) mass is 303 g/mol. The van der Waals surface area contributed by atoms with Crippen LogP contribution in [0.3, 0.4) is 0 Å². The third kappa shape index (κ3) is 2.47. The van der Waals surface area contributed by atoms with Gasteiger partial charge in [0.15, 0.2) is 5.13 Å². The van der Waals surface area contributed by atoms with Crippen molar-refractivity contribution in [3.63, 3.8) is 0 Å². The summed E-state index contributed by atoms with van der Waals surface area (Å²) in [4.78, 5) is 31.2. The summed E-state index contributed by atoms with van der Waals surface area (Å²) in [6.45, 7) is 0.276. The van der Waals surface area contributed by atoms with E-state index in [1.54, 1.807) is 6.20 Å². The average molecular weight is 303 g/mol. The van der Waals surface area contributed by atoms with E-state index in [-0.39, 0.29) is 18.4 Å². The highest BCUT2D eigenvalue weighted by Gasteiger charge is 2.52. The summed E-state index contributed by atoms with van der Waals surface area (Å²) in [6.07, 6.45) is 6.76. The lowest BCUT2D eigenvalue weighted by molar-refractivity contribution is -0.127. The Balaban J connectivity index is 1.87. The van der Waals surface area contributed by atoms with Gasteiger partial charge in [0.2, 0.25) is 11.8 Å². The molecule has 2 fully saturated rings. The van der Waals surface area contributed by atoms with Crippen molar-refractivity contribution < 1.29 is 9.59 Å². The Morgan fingerprint density at radius 3 is 2.81 bits per heavy atom. The molecule has 2 amide bonds. The van der Waals surface area contributed by atoms with E-state index in [2.05, 4.69) is 16.8 Å². The van der Waals surface area contributed by atoms with Crippen molar-refractivity contribution in [1.82, 2.24) is 4.98 Å². The van der Waals surface area contributed by atoms with Crippen LogP contribution in [0, 0.1) is 17.3 Å². The Bertz CT molecular complexity index is 635. The van der Waals surface area contributed by atoms with Gasteiger partial charge in [-0.2, -0.15) is 0 Å². The fourth-order valence-electron chi connectivity index (χ4n) is 3.17. The number of amides is 2. The number of imide groups is 1. The Labute approximate surface area is 127 Å². The molecule has 6 heteroatoms. The SMILES string of the molecule is NCC#Cc1cnc(N2C(=O)CC3(CCCCC3)C2=O)s1. The second-order valence-corrected chi connectivity index (χ2v) is 6.57. The molecule has 3 rings (SSSR count). The summed E-state index contributed by atoms with van der Waals surface area (Å²) in [5.41, 5.74) is 4.87. The van der Waals surface area contributed by atoms with Gasteiger partial charge in [-0.1, -0.05) is 42.4 Å². The van der Waals surface area contributed by atoms with Crippen LogP contribution in [0.2, 0.25) is 0 Å². The minimum atomic E-state index is -0.468. The van der Waals surface area contributed by atoms with Crippen molar-refractivity contribution in [2.24, 2.45) is 11.1 Å². The van der Waals surface area contributed by atoms with Gasteiger partial charge in [-0.15, -0.1) is 0 Å². The number of thiazole rings is 1. The molecule has 1 aromatic rings. The maximum absolute atomic E-state index is 12.7. The molecule has 1 saturated carbocycles. The number of hydrogen-bond acceptors (Lipinski definition) is 5. The fourth-order valence-corrected chi connectivity index (χ4v) is 3.98. The number of nitrogens with zero attached hydrogens (tertiary/aromatic N) is 2. The van der Waals surface area contributed by atoms with Crippen LogP contribution in [0.4, 0.5) is 5.13 Å². The average Bonchev–Trinajstić information content (AvgIpc) is 3.02. The molecule has 0 atom stereocenters. The van der Waals surface area contributed by atoms with E-state index in [0.29, 0.717) is 11.6 Å². The van der Waals surface area contributed by atoms with Gasteiger partial charge in [0.05, 0.1) is 23.0 Å². The molecule has 0 unspecified atom stereocenters. The van der Waals surface area contributed by atoms with Crippen molar-refractivity contribution in [1.29, 1.82) is 0 Å².